The number of fused-ring (bicyclic) bond motifs is 1. The summed E-state index contributed by atoms with van der Waals surface area (Å²) >= 11 is 0. The molecule has 1 heterocycles. The van der Waals surface area contributed by atoms with Crippen molar-refractivity contribution >= 4 is 35.2 Å². The van der Waals surface area contributed by atoms with Crippen LogP contribution in [0.2, 0.25) is 0 Å². The first-order valence-electron chi connectivity index (χ1n) is 14.8. The number of methoxy groups -OCH3 is 1. The second-order valence-electron chi connectivity index (χ2n) is 11.7. The molecule has 0 bridgehead atoms. The largest absolute Gasteiger partial charge is 0.506 e. The Balaban J connectivity index is 2.09. The molecular formula is C32H43N5O7. The Labute approximate surface area is 257 Å². The number of hydrogen-bond donors (Lipinski definition) is 6. The molecule has 0 saturated heterocycles. The molecule has 0 aliphatic carbocycles. The van der Waals surface area contributed by atoms with Crippen LogP contribution in [0.5, 0.6) is 11.5 Å². The number of hydrogen-bond acceptors (Lipinski definition) is 7. The van der Waals surface area contributed by atoms with Gasteiger partial charge in [-0.05, 0) is 54.5 Å². The summed E-state index contributed by atoms with van der Waals surface area (Å²) < 4.78 is 5.24. The molecule has 12 heteroatoms. The van der Waals surface area contributed by atoms with Gasteiger partial charge in [0, 0.05) is 5.92 Å². The number of aromatic hydroxyl groups is 1. The van der Waals surface area contributed by atoms with Crippen LogP contribution in [-0.2, 0) is 19.2 Å². The van der Waals surface area contributed by atoms with Gasteiger partial charge in [-0.2, -0.15) is 0 Å². The van der Waals surface area contributed by atoms with Gasteiger partial charge in [0.2, 0.25) is 23.6 Å². The van der Waals surface area contributed by atoms with Crippen LogP contribution >= 0.6 is 0 Å². The second-order valence-corrected chi connectivity index (χ2v) is 11.7. The summed E-state index contributed by atoms with van der Waals surface area (Å²) in [6.45, 7) is 8.77. The average Bonchev–Trinajstić information content (AvgIpc) is 2.99. The molecule has 3 rings (SSSR count). The number of benzene rings is 2. The van der Waals surface area contributed by atoms with E-state index in [-0.39, 0.29) is 35.3 Å². The van der Waals surface area contributed by atoms with Gasteiger partial charge in [0.1, 0.15) is 29.6 Å². The molecule has 1 aliphatic heterocycles. The molecule has 0 spiro atoms. The third kappa shape index (κ3) is 8.71. The zero-order chi connectivity index (χ0) is 32.6. The van der Waals surface area contributed by atoms with E-state index in [1.54, 1.807) is 45.0 Å². The van der Waals surface area contributed by atoms with E-state index in [2.05, 4.69) is 26.6 Å². The predicted molar refractivity (Wildman–Crippen MR) is 165 cm³/mol. The minimum Gasteiger partial charge on any atom is -0.506 e. The maximum atomic E-state index is 13.9. The molecule has 0 unspecified atom stereocenters. The molecular weight excluding hydrogens is 566 g/mol. The van der Waals surface area contributed by atoms with E-state index in [0.717, 1.165) is 0 Å². The van der Waals surface area contributed by atoms with Gasteiger partial charge in [-0.25, -0.2) is 0 Å². The number of anilines is 1. The first-order chi connectivity index (χ1) is 20.8. The van der Waals surface area contributed by atoms with Crippen LogP contribution in [0.4, 0.5) is 5.69 Å². The Bertz CT molecular complexity index is 1360. The molecule has 6 N–H and O–H groups in total. The Hall–Kier alpha value is -4.61. The number of carbonyl (C=O) groups is 5. The van der Waals surface area contributed by atoms with E-state index in [4.69, 9.17) is 4.74 Å². The summed E-state index contributed by atoms with van der Waals surface area (Å²) in [6.07, 6.45) is 0.893. The molecule has 0 saturated carbocycles. The Kier molecular flexibility index (Phi) is 11.7. The topological polar surface area (TPSA) is 175 Å². The van der Waals surface area contributed by atoms with Crippen molar-refractivity contribution in [1.82, 2.24) is 21.3 Å². The molecule has 4 atom stereocenters. The van der Waals surface area contributed by atoms with Gasteiger partial charge >= 0.3 is 0 Å². The molecule has 2 aromatic carbocycles. The highest BCUT2D eigenvalue weighted by Crippen LogP contribution is 2.30. The highest BCUT2D eigenvalue weighted by atomic mass is 16.5. The highest BCUT2D eigenvalue weighted by molar-refractivity contribution is 6.08. The SMILES string of the molecule is COc1ccc([C@@H](C)[C@@H]2NC(=O)[C@@H](C(C)C)NC(=O)CNC(=O)[C@H](CCC(C)C)NC(=O)c3cccc(O)c3NC2=O)cc1. The van der Waals surface area contributed by atoms with Gasteiger partial charge in [-0.15, -0.1) is 0 Å². The van der Waals surface area contributed by atoms with E-state index >= 15 is 0 Å². The highest BCUT2D eigenvalue weighted by Gasteiger charge is 2.34. The summed E-state index contributed by atoms with van der Waals surface area (Å²) in [5, 5.41) is 24.1. The van der Waals surface area contributed by atoms with Crippen LogP contribution in [0.25, 0.3) is 0 Å². The Morgan fingerprint density at radius 2 is 1.52 bits per heavy atom. The summed E-state index contributed by atoms with van der Waals surface area (Å²) in [4.78, 5) is 66.9. The van der Waals surface area contributed by atoms with Crippen molar-refractivity contribution in [2.75, 3.05) is 19.0 Å². The van der Waals surface area contributed by atoms with Crippen LogP contribution in [-0.4, -0.2) is 66.4 Å². The minimum absolute atomic E-state index is 0.0761. The average molecular weight is 610 g/mol. The standard InChI is InChI=1S/C32H43N5O7/c1-17(2)10-15-23-30(41)33-16-25(39)35-26(18(3)4)31(42)36-27(19(5)20-11-13-21(44-6)14-12-20)32(43)37-28-22(29(40)34-23)8-7-9-24(28)38/h7-9,11-14,17-19,23,26-27,38H,10,15-16H2,1-6H3,(H,33,41)(H,34,40)(H,35,39)(H,36,42)(H,37,43)/t19-,23+,26-,27+/m1/s1. The fraction of sp³-hybridized carbons (Fsp3) is 0.469. The van der Waals surface area contributed by atoms with Crippen LogP contribution in [0.1, 0.15) is 69.3 Å². The minimum atomic E-state index is -1.18. The van der Waals surface area contributed by atoms with Gasteiger partial charge in [-0.1, -0.05) is 52.8 Å². The summed E-state index contributed by atoms with van der Waals surface area (Å²) in [5.41, 5.74) is 0.463. The number of para-hydroxylation sites is 1. The number of amides is 5. The van der Waals surface area contributed by atoms with Crippen LogP contribution in [0.15, 0.2) is 42.5 Å². The molecule has 5 amide bonds. The first-order valence-corrected chi connectivity index (χ1v) is 14.8. The molecule has 238 valence electrons. The third-order valence-electron chi connectivity index (χ3n) is 7.60. The molecule has 44 heavy (non-hydrogen) atoms. The third-order valence-corrected chi connectivity index (χ3v) is 7.60. The summed E-state index contributed by atoms with van der Waals surface area (Å²) in [7, 11) is 1.53. The Morgan fingerprint density at radius 3 is 2.14 bits per heavy atom. The van der Waals surface area contributed by atoms with Gasteiger partial charge in [0.05, 0.1) is 24.9 Å². The fourth-order valence-electron chi connectivity index (χ4n) is 4.88. The van der Waals surface area contributed by atoms with E-state index in [0.29, 0.717) is 17.7 Å². The lowest BCUT2D eigenvalue weighted by Crippen LogP contribution is -2.57. The quantitative estimate of drug-likeness (QED) is 0.261. The number of carbonyl (C=O) groups excluding carboxylic acids is 5. The maximum absolute atomic E-state index is 13.9. The van der Waals surface area contributed by atoms with Gasteiger partial charge in [0.25, 0.3) is 5.91 Å². The molecule has 1 aliphatic rings. The van der Waals surface area contributed by atoms with E-state index < -0.39 is 60.1 Å². The van der Waals surface area contributed by atoms with Gasteiger partial charge in [0.15, 0.2) is 0 Å². The van der Waals surface area contributed by atoms with Crippen molar-refractivity contribution in [3.63, 3.8) is 0 Å². The van der Waals surface area contributed by atoms with E-state index in [1.807, 2.05) is 13.8 Å². The summed E-state index contributed by atoms with van der Waals surface area (Å²) in [5.74, 6) is -3.69. The van der Waals surface area contributed by atoms with Crippen molar-refractivity contribution in [3.8, 4) is 11.5 Å². The Morgan fingerprint density at radius 1 is 0.841 bits per heavy atom. The van der Waals surface area contributed by atoms with Crippen molar-refractivity contribution in [3.05, 3.63) is 53.6 Å². The van der Waals surface area contributed by atoms with Crippen molar-refractivity contribution in [2.45, 2.75) is 71.5 Å². The van der Waals surface area contributed by atoms with Crippen LogP contribution in [0.3, 0.4) is 0 Å². The molecule has 0 fully saturated rings. The van der Waals surface area contributed by atoms with Gasteiger partial charge in [-0.3, -0.25) is 24.0 Å². The number of phenols is 1. The number of rotatable bonds is 7. The second kappa shape index (κ2) is 15.2. The van der Waals surface area contributed by atoms with Crippen LogP contribution in [0, 0.1) is 11.8 Å². The normalized spacial score (nSPS) is 21.0. The van der Waals surface area contributed by atoms with Crippen LogP contribution < -0.4 is 31.3 Å². The predicted octanol–water partition coefficient (Wildman–Crippen LogP) is 2.43. The lowest BCUT2D eigenvalue weighted by Gasteiger charge is -2.29. The number of phenolic OH excluding ortho intramolecular Hbond substituents is 1. The number of nitrogens with one attached hydrogen (secondary N) is 5. The smallest absolute Gasteiger partial charge is 0.254 e. The molecule has 0 aromatic heterocycles. The van der Waals surface area contributed by atoms with E-state index in [1.165, 1.54) is 25.3 Å². The lowest BCUT2D eigenvalue weighted by atomic mass is 9.91. The monoisotopic (exact) mass is 609 g/mol. The molecule has 12 nitrogen and oxygen atoms in total. The van der Waals surface area contributed by atoms with Crippen molar-refractivity contribution < 1.29 is 33.8 Å². The fourth-order valence-corrected chi connectivity index (χ4v) is 4.88. The molecule has 0 radical (unpaired) electrons. The summed E-state index contributed by atoms with van der Waals surface area (Å²) in [6, 6.07) is 7.96. The van der Waals surface area contributed by atoms with Crippen molar-refractivity contribution in [1.29, 1.82) is 0 Å². The number of ether oxygens (including phenoxy) is 1. The zero-order valence-electron chi connectivity index (χ0n) is 26.0. The zero-order valence-corrected chi connectivity index (χ0v) is 26.0. The van der Waals surface area contributed by atoms with E-state index in [9.17, 15) is 29.1 Å². The first kappa shape index (κ1) is 33.9. The van der Waals surface area contributed by atoms with Gasteiger partial charge < -0.3 is 36.4 Å². The lowest BCUT2D eigenvalue weighted by molar-refractivity contribution is -0.132. The molecule has 2 aromatic rings. The van der Waals surface area contributed by atoms with Crippen molar-refractivity contribution in [2.24, 2.45) is 11.8 Å². The maximum Gasteiger partial charge on any atom is 0.254 e.